The summed E-state index contributed by atoms with van der Waals surface area (Å²) in [5, 5.41) is 5.70. The lowest BCUT2D eigenvalue weighted by Crippen LogP contribution is -2.22. The molecule has 9 heteroatoms. The largest absolute Gasteiger partial charge is 0.456 e. The van der Waals surface area contributed by atoms with Crippen molar-refractivity contribution >= 4 is 38.1 Å². The quantitative estimate of drug-likeness (QED) is 0.573. The number of aryl methyl sites for hydroxylation is 1. The van der Waals surface area contributed by atoms with E-state index in [9.17, 15) is 13.2 Å². The highest BCUT2D eigenvalue weighted by atomic mass is 32.2. The Balaban J connectivity index is 1.63. The fourth-order valence-electron chi connectivity index (χ4n) is 2.41. The van der Waals surface area contributed by atoms with Crippen LogP contribution in [-0.2, 0) is 21.4 Å². The van der Waals surface area contributed by atoms with E-state index in [1.54, 1.807) is 5.38 Å². The van der Waals surface area contributed by atoms with Crippen LogP contribution in [0.1, 0.15) is 21.6 Å². The first-order valence-corrected chi connectivity index (χ1v) is 11.1. The lowest BCUT2D eigenvalue weighted by atomic mass is 10.2. The van der Waals surface area contributed by atoms with Crippen molar-refractivity contribution in [1.82, 2.24) is 9.29 Å². The molecule has 152 valence electrons. The number of benzene rings is 2. The standard InChI is InChI=1S/C20H21N3O4S2/c1-14-7-9-16(10-8-14)21-20-22-17(13-28-20)12-27-19(24)15-5-4-6-18(11-15)29(25,26)23(2)3/h4-11,13H,12H2,1-3H3,(H,21,22). The summed E-state index contributed by atoms with van der Waals surface area (Å²) in [5.74, 6) is -0.609. The van der Waals surface area contributed by atoms with Crippen molar-refractivity contribution in [3.05, 3.63) is 70.7 Å². The SMILES string of the molecule is Cc1ccc(Nc2nc(COC(=O)c3cccc(S(=O)(=O)N(C)C)c3)cs2)cc1. The maximum atomic E-state index is 12.3. The van der Waals surface area contributed by atoms with Gasteiger partial charge in [-0.05, 0) is 37.3 Å². The second-order valence-corrected chi connectivity index (χ2v) is 9.54. The predicted molar refractivity (Wildman–Crippen MR) is 113 cm³/mol. The van der Waals surface area contributed by atoms with E-state index >= 15 is 0 Å². The molecule has 0 saturated carbocycles. The van der Waals surface area contributed by atoms with Gasteiger partial charge in [0, 0.05) is 25.2 Å². The molecule has 0 aliphatic heterocycles. The normalized spacial score (nSPS) is 11.4. The minimum atomic E-state index is -3.62. The molecule has 0 fully saturated rings. The van der Waals surface area contributed by atoms with Crippen LogP contribution < -0.4 is 5.32 Å². The minimum absolute atomic E-state index is 0.00440. The lowest BCUT2D eigenvalue weighted by Gasteiger charge is -2.12. The van der Waals surface area contributed by atoms with Crippen LogP contribution >= 0.6 is 11.3 Å². The summed E-state index contributed by atoms with van der Waals surface area (Å²) in [6.45, 7) is 2.01. The molecule has 0 aliphatic carbocycles. The number of carbonyl (C=O) groups excluding carboxylic acids is 1. The number of nitrogens with zero attached hydrogens (tertiary/aromatic N) is 2. The van der Waals surface area contributed by atoms with Crippen LogP contribution in [0.25, 0.3) is 0 Å². The van der Waals surface area contributed by atoms with Gasteiger partial charge in [0.2, 0.25) is 10.0 Å². The van der Waals surface area contributed by atoms with E-state index < -0.39 is 16.0 Å². The van der Waals surface area contributed by atoms with Crippen molar-refractivity contribution in [3.63, 3.8) is 0 Å². The molecule has 0 atom stereocenters. The molecule has 0 saturated heterocycles. The number of aromatic nitrogens is 1. The number of thiazole rings is 1. The minimum Gasteiger partial charge on any atom is -0.456 e. The third kappa shape index (κ3) is 5.20. The predicted octanol–water partition coefficient (Wildman–Crippen LogP) is 3.80. The van der Waals surface area contributed by atoms with Gasteiger partial charge in [0.25, 0.3) is 0 Å². The molecule has 1 aromatic heterocycles. The molecule has 0 unspecified atom stereocenters. The first-order chi connectivity index (χ1) is 13.8. The fourth-order valence-corrected chi connectivity index (χ4v) is 4.07. The van der Waals surface area contributed by atoms with Crippen molar-refractivity contribution in [2.45, 2.75) is 18.4 Å². The summed E-state index contributed by atoms with van der Waals surface area (Å²) in [4.78, 5) is 16.8. The van der Waals surface area contributed by atoms with Gasteiger partial charge in [-0.2, -0.15) is 0 Å². The number of carbonyl (C=O) groups is 1. The average molecular weight is 432 g/mol. The first kappa shape index (κ1) is 21.0. The van der Waals surface area contributed by atoms with Crippen LogP contribution in [0.15, 0.2) is 58.8 Å². The number of esters is 1. The molecular weight excluding hydrogens is 410 g/mol. The Morgan fingerprint density at radius 2 is 1.90 bits per heavy atom. The van der Waals surface area contributed by atoms with E-state index in [2.05, 4.69) is 10.3 Å². The summed E-state index contributed by atoms with van der Waals surface area (Å²) < 4.78 is 30.8. The number of hydrogen-bond acceptors (Lipinski definition) is 7. The average Bonchev–Trinajstić information content (AvgIpc) is 3.15. The summed E-state index contributed by atoms with van der Waals surface area (Å²) in [6, 6.07) is 13.7. The van der Waals surface area contributed by atoms with E-state index in [0.717, 1.165) is 9.99 Å². The molecule has 7 nitrogen and oxygen atoms in total. The Morgan fingerprint density at radius 1 is 1.17 bits per heavy atom. The van der Waals surface area contributed by atoms with E-state index in [4.69, 9.17) is 4.74 Å². The summed E-state index contributed by atoms with van der Waals surface area (Å²) in [7, 11) is -0.752. The van der Waals surface area contributed by atoms with E-state index in [-0.39, 0.29) is 17.1 Å². The van der Waals surface area contributed by atoms with Gasteiger partial charge >= 0.3 is 5.97 Å². The zero-order valence-corrected chi connectivity index (χ0v) is 17.9. The van der Waals surface area contributed by atoms with E-state index in [1.165, 1.54) is 55.3 Å². The van der Waals surface area contributed by atoms with Gasteiger partial charge in [0.15, 0.2) is 5.13 Å². The van der Waals surface area contributed by atoms with Gasteiger partial charge in [-0.25, -0.2) is 22.5 Å². The van der Waals surface area contributed by atoms with Gasteiger partial charge in [-0.1, -0.05) is 23.8 Å². The van der Waals surface area contributed by atoms with Crippen LogP contribution in [0.4, 0.5) is 10.8 Å². The Morgan fingerprint density at radius 3 is 2.59 bits per heavy atom. The van der Waals surface area contributed by atoms with Crippen molar-refractivity contribution < 1.29 is 17.9 Å². The molecule has 0 bridgehead atoms. The zero-order valence-electron chi connectivity index (χ0n) is 16.2. The van der Waals surface area contributed by atoms with Crippen LogP contribution in [0.5, 0.6) is 0 Å². The van der Waals surface area contributed by atoms with Crippen molar-refractivity contribution in [1.29, 1.82) is 0 Å². The molecule has 3 rings (SSSR count). The van der Waals surface area contributed by atoms with E-state index in [0.29, 0.717) is 10.8 Å². The van der Waals surface area contributed by atoms with Gasteiger partial charge in [0.1, 0.15) is 6.61 Å². The summed E-state index contributed by atoms with van der Waals surface area (Å²) in [6.07, 6.45) is 0. The highest BCUT2D eigenvalue weighted by Gasteiger charge is 2.19. The van der Waals surface area contributed by atoms with Gasteiger partial charge in [0.05, 0.1) is 16.2 Å². The third-order valence-electron chi connectivity index (χ3n) is 4.05. The molecule has 3 aromatic rings. The molecule has 0 amide bonds. The number of nitrogens with one attached hydrogen (secondary N) is 1. The summed E-state index contributed by atoms with van der Waals surface area (Å²) in [5.41, 5.74) is 2.87. The number of sulfonamides is 1. The first-order valence-electron chi connectivity index (χ1n) is 8.73. The molecule has 2 aromatic carbocycles. The Hall–Kier alpha value is -2.75. The highest BCUT2D eigenvalue weighted by Crippen LogP contribution is 2.22. The van der Waals surface area contributed by atoms with E-state index in [1.807, 2.05) is 31.2 Å². The fraction of sp³-hybridized carbons (Fsp3) is 0.200. The van der Waals surface area contributed by atoms with Gasteiger partial charge in [-0.3, -0.25) is 0 Å². The Labute approximate surface area is 174 Å². The monoisotopic (exact) mass is 431 g/mol. The number of anilines is 2. The van der Waals surface area contributed by atoms with Crippen molar-refractivity contribution in [2.24, 2.45) is 0 Å². The Bertz CT molecular complexity index is 1110. The lowest BCUT2D eigenvalue weighted by molar-refractivity contribution is 0.0468. The third-order valence-corrected chi connectivity index (χ3v) is 6.67. The molecule has 29 heavy (non-hydrogen) atoms. The van der Waals surface area contributed by atoms with Gasteiger partial charge in [-0.15, -0.1) is 11.3 Å². The number of rotatable bonds is 7. The van der Waals surface area contributed by atoms with Crippen molar-refractivity contribution in [3.8, 4) is 0 Å². The Kier molecular flexibility index (Phi) is 6.31. The summed E-state index contributed by atoms with van der Waals surface area (Å²) >= 11 is 1.41. The number of ether oxygens (including phenoxy) is 1. The smallest absolute Gasteiger partial charge is 0.338 e. The molecule has 0 spiro atoms. The maximum Gasteiger partial charge on any atom is 0.338 e. The van der Waals surface area contributed by atoms with Crippen LogP contribution in [0.3, 0.4) is 0 Å². The van der Waals surface area contributed by atoms with Crippen LogP contribution in [0.2, 0.25) is 0 Å². The molecular formula is C20H21N3O4S2. The number of hydrogen-bond donors (Lipinski definition) is 1. The second-order valence-electron chi connectivity index (χ2n) is 6.53. The molecule has 1 N–H and O–H groups in total. The molecule has 0 aliphatic rings. The topological polar surface area (TPSA) is 88.6 Å². The maximum absolute atomic E-state index is 12.3. The zero-order chi connectivity index (χ0) is 21.0. The molecule has 0 radical (unpaired) electrons. The molecule has 1 heterocycles. The van der Waals surface area contributed by atoms with Crippen LogP contribution in [-0.4, -0.2) is 37.8 Å². The van der Waals surface area contributed by atoms with Gasteiger partial charge < -0.3 is 10.1 Å². The second kappa shape index (κ2) is 8.73. The highest BCUT2D eigenvalue weighted by molar-refractivity contribution is 7.89. The van der Waals surface area contributed by atoms with Crippen LogP contribution in [0, 0.1) is 6.92 Å². The van der Waals surface area contributed by atoms with Crippen molar-refractivity contribution in [2.75, 3.05) is 19.4 Å².